The fourth-order valence-electron chi connectivity index (χ4n) is 3.05. The molecule has 26 heavy (non-hydrogen) atoms. The van der Waals surface area contributed by atoms with Crippen molar-refractivity contribution in [2.24, 2.45) is 0 Å². The van der Waals surface area contributed by atoms with Crippen molar-refractivity contribution in [3.63, 3.8) is 0 Å². The van der Waals surface area contributed by atoms with Crippen molar-refractivity contribution in [1.29, 1.82) is 0 Å². The highest BCUT2D eigenvalue weighted by atomic mass is 35.5. The maximum absolute atomic E-state index is 12.5. The summed E-state index contributed by atoms with van der Waals surface area (Å²) in [5, 5.41) is 0.229. The van der Waals surface area contributed by atoms with Crippen LogP contribution in [0.5, 0.6) is 5.75 Å². The smallest absolute Gasteiger partial charge is 0.223 e. The van der Waals surface area contributed by atoms with Crippen molar-refractivity contribution in [2.75, 3.05) is 19.4 Å². The number of rotatable bonds is 5. The number of hydrogen-bond donors (Lipinski definition) is 0. The van der Waals surface area contributed by atoms with E-state index in [1.165, 1.54) is 30.9 Å². The summed E-state index contributed by atoms with van der Waals surface area (Å²) < 4.78 is 30.0. The third kappa shape index (κ3) is 4.02. The molecule has 0 saturated carbocycles. The van der Waals surface area contributed by atoms with E-state index in [4.69, 9.17) is 16.3 Å². The molecule has 0 N–H and O–H groups in total. The molecule has 0 fully saturated rings. The second-order valence-electron chi connectivity index (χ2n) is 6.20. The number of fused-ring (bicyclic) bond motifs is 1. The summed E-state index contributed by atoms with van der Waals surface area (Å²) in [7, 11) is -2.13. The molecule has 138 valence electrons. The predicted molar refractivity (Wildman–Crippen MR) is 100 cm³/mol. The van der Waals surface area contributed by atoms with Gasteiger partial charge in [0.2, 0.25) is 5.91 Å². The molecule has 0 radical (unpaired) electrons. The Labute approximate surface area is 158 Å². The van der Waals surface area contributed by atoms with Crippen LogP contribution in [0.1, 0.15) is 17.5 Å². The summed E-state index contributed by atoms with van der Waals surface area (Å²) in [6.07, 6.45) is 0.747. The maximum Gasteiger partial charge on any atom is 0.223 e. The minimum atomic E-state index is -3.59. The molecule has 5 nitrogen and oxygen atoms in total. The molecule has 1 aliphatic rings. The Kier molecular flexibility index (Phi) is 5.53. The molecule has 1 heterocycles. The Morgan fingerprint density at radius 3 is 2.62 bits per heavy atom. The lowest BCUT2D eigenvalue weighted by atomic mass is 10.00. The maximum atomic E-state index is 12.5. The lowest BCUT2D eigenvalue weighted by Gasteiger charge is -2.29. The average molecular weight is 394 g/mol. The SMILES string of the molecule is COc1ccc(S(=O)(=O)CCC(=O)N2CCc3ccccc3C2)cc1Cl. The van der Waals surface area contributed by atoms with Gasteiger partial charge in [-0.25, -0.2) is 8.42 Å². The molecule has 0 bridgehead atoms. The van der Waals surface area contributed by atoms with Crippen LogP contribution in [-0.4, -0.2) is 38.6 Å². The highest BCUT2D eigenvalue weighted by molar-refractivity contribution is 7.91. The average Bonchev–Trinajstić information content (AvgIpc) is 2.65. The highest BCUT2D eigenvalue weighted by Gasteiger charge is 2.23. The van der Waals surface area contributed by atoms with Crippen LogP contribution in [0.2, 0.25) is 5.02 Å². The number of nitrogens with zero attached hydrogens (tertiary/aromatic N) is 1. The van der Waals surface area contributed by atoms with Crippen LogP contribution in [-0.2, 0) is 27.6 Å². The van der Waals surface area contributed by atoms with Crippen molar-refractivity contribution in [3.8, 4) is 5.75 Å². The van der Waals surface area contributed by atoms with Crippen LogP contribution in [0, 0.1) is 0 Å². The van der Waals surface area contributed by atoms with Gasteiger partial charge in [0.1, 0.15) is 5.75 Å². The number of carbonyl (C=O) groups excluding carboxylic acids is 1. The van der Waals surface area contributed by atoms with Gasteiger partial charge in [0.05, 0.1) is 22.8 Å². The first-order valence-corrected chi connectivity index (χ1v) is 10.3. The number of amides is 1. The van der Waals surface area contributed by atoms with Gasteiger partial charge in [0.15, 0.2) is 9.84 Å². The van der Waals surface area contributed by atoms with E-state index in [-0.39, 0.29) is 28.0 Å². The number of benzene rings is 2. The van der Waals surface area contributed by atoms with E-state index in [0.29, 0.717) is 18.8 Å². The molecule has 2 aromatic rings. The fourth-order valence-corrected chi connectivity index (χ4v) is 4.62. The van der Waals surface area contributed by atoms with Crippen LogP contribution in [0.15, 0.2) is 47.4 Å². The Hall–Kier alpha value is -2.05. The van der Waals surface area contributed by atoms with Gasteiger partial charge in [-0.2, -0.15) is 0 Å². The number of halogens is 1. The predicted octanol–water partition coefficient (Wildman–Crippen LogP) is 3.10. The lowest BCUT2D eigenvalue weighted by Crippen LogP contribution is -2.36. The Balaban J connectivity index is 1.65. The molecule has 3 rings (SSSR count). The van der Waals surface area contributed by atoms with Crippen LogP contribution >= 0.6 is 11.6 Å². The Bertz CT molecular complexity index is 927. The van der Waals surface area contributed by atoms with E-state index in [0.717, 1.165) is 12.0 Å². The highest BCUT2D eigenvalue weighted by Crippen LogP contribution is 2.27. The van der Waals surface area contributed by atoms with Crippen LogP contribution < -0.4 is 4.74 Å². The first-order valence-electron chi connectivity index (χ1n) is 8.31. The van der Waals surface area contributed by atoms with Crippen molar-refractivity contribution < 1.29 is 17.9 Å². The molecule has 0 saturated heterocycles. The van der Waals surface area contributed by atoms with E-state index in [2.05, 4.69) is 6.07 Å². The second-order valence-corrected chi connectivity index (χ2v) is 8.72. The third-order valence-corrected chi connectivity index (χ3v) is 6.56. The third-order valence-electron chi connectivity index (χ3n) is 4.55. The number of methoxy groups -OCH3 is 1. The zero-order chi connectivity index (χ0) is 18.7. The van der Waals surface area contributed by atoms with Crippen molar-refractivity contribution in [2.45, 2.75) is 24.3 Å². The minimum Gasteiger partial charge on any atom is -0.495 e. The summed E-state index contributed by atoms with van der Waals surface area (Å²) in [6, 6.07) is 12.3. The number of ether oxygens (including phenoxy) is 1. The first kappa shape index (κ1) is 18.7. The summed E-state index contributed by atoms with van der Waals surface area (Å²) >= 11 is 6.00. The van der Waals surface area contributed by atoms with Crippen molar-refractivity contribution in [1.82, 2.24) is 4.90 Å². The van der Waals surface area contributed by atoms with Crippen molar-refractivity contribution in [3.05, 3.63) is 58.6 Å². The van der Waals surface area contributed by atoms with Gasteiger partial charge in [-0.15, -0.1) is 0 Å². The van der Waals surface area contributed by atoms with E-state index < -0.39 is 9.84 Å². The Morgan fingerprint density at radius 2 is 1.92 bits per heavy atom. The molecule has 0 spiro atoms. The standard InChI is InChI=1S/C19H20ClNO4S/c1-25-18-7-6-16(12-17(18)20)26(23,24)11-9-19(22)21-10-8-14-4-2-3-5-15(14)13-21/h2-7,12H,8-11,13H2,1H3. The van der Waals surface area contributed by atoms with Gasteiger partial charge in [0.25, 0.3) is 0 Å². The zero-order valence-electron chi connectivity index (χ0n) is 14.4. The van der Waals surface area contributed by atoms with Crippen LogP contribution in [0.25, 0.3) is 0 Å². The molecular formula is C19H20ClNO4S. The summed E-state index contributed by atoms with van der Waals surface area (Å²) in [4.78, 5) is 14.3. The number of sulfone groups is 1. The van der Waals surface area contributed by atoms with E-state index >= 15 is 0 Å². The molecule has 2 aromatic carbocycles. The number of carbonyl (C=O) groups is 1. The fraction of sp³-hybridized carbons (Fsp3) is 0.316. The minimum absolute atomic E-state index is 0.0475. The quantitative estimate of drug-likeness (QED) is 0.783. The van der Waals surface area contributed by atoms with Gasteiger partial charge in [-0.1, -0.05) is 35.9 Å². The molecule has 1 aliphatic heterocycles. The molecular weight excluding hydrogens is 374 g/mol. The van der Waals surface area contributed by atoms with Crippen molar-refractivity contribution >= 4 is 27.3 Å². The van der Waals surface area contributed by atoms with Gasteiger partial charge in [-0.05, 0) is 35.7 Å². The topological polar surface area (TPSA) is 63.7 Å². The van der Waals surface area contributed by atoms with Gasteiger partial charge in [-0.3, -0.25) is 4.79 Å². The summed E-state index contributed by atoms with van der Waals surface area (Å²) in [5.41, 5.74) is 2.37. The second kappa shape index (κ2) is 7.68. The van der Waals surface area contributed by atoms with E-state index in [1.807, 2.05) is 18.2 Å². The zero-order valence-corrected chi connectivity index (χ0v) is 16.0. The number of hydrogen-bond acceptors (Lipinski definition) is 4. The van der Waals surface area contributed by atoms with Gasteiger partial charge >= 0.3 is 0 Å². The molecule has 0 atom stereocenters. The molecule has 1 amide bonds. The summed E-state index contributed by atoms with van der Waals surface area (Å²) in [6.45, 7) is 1.15. The Morgan fingerprint density at radius 1 is 1.19 bits per heavy atom. The normalized spacial score (nSPS) is 14.0. The lowest BCUT2D eigenvalue weighted by molar-refractivity contribution is -0.131. The van der Waals surface area contributed by atoms with Crippen LogP contribution in [0.4, 0.5) is 0 Å². The largest absolute Gasteiger partial charge is 0.495 e. The summed E-state index contributed by atoms with van der Waals surface area (Å²) in [5.74, 6) is 0.0171. The van der Waals surface area contributed by atoms with E-state index in [1.54, 1.807) is 4.90 Å². The van der Waals surface area contributed by atoms with Gasteiger partial charge in [0, 0.05) is 19.5 Å². The molecule has 0 aromatic heterocycles. The van der Waals surface area contributed by atoms with E-state index in [9.17, 15) is 13.2 Å². The van der Waals surface area contributed by atoms with Gasteiger partial charge < -0.3 is 9.64 Å². The monoisotopic (exact) mass is 393 g/mol. The molecule has 0 unspecified atom stereocenters. The molecule has 7 heteroatoms. The van der Waals surface area contributed by atoms with Crippen LogP contribution in [0.3, 0.4) is 0 Å². The first-order chi connectivity index (χ1) is 12.4. The molecule has 0 aliphatic carbocycles.